The molecule has 0 heterocycles. The van der Waals surface area contributed by atoms with Gasteiger partial charge in [0.05, 0.1) is 0 Å². The molecule has 56 valence electrons. The summed E-state index contributed by atoms with van der Waals surface area (Å²) in [6.45, 7) is 4.43. The van der Waals surface area contributed by atoms with E-state index in [2.05, 4.69) is 26.0 Å². The molecule has 10 heavy (non-hydrogen) atoms. The maximum absolute atomic E-state index is 2.26. The Kier molecular flexibility index (Phi) is 2.73. The molecule has 0 saturated carbocycles. The second-order valence-corrected chi connectivity index (χ2v) is 3.23. The fourth-order valence-corrected chi connectivity index (χ4v) is 1.26. The van der Waals surface area contributed by atoms with E-state index in [1.54, 1.807) is 0 Å². The molecule has 0 unspecified atom stereocenters. The van der Waals surface area contributed by atoms with Crippen LogP contribution >= 0.6 is 0 Å². The Morgan fingerprint density at radius 1 is 0.900 bits per heavy atom. The summed E-state index contributed by atoms with van der Waals surface area (Å²) in [5.41, 5.74) is 3.05. The molecule has 0 radical (unpaired) electrons. The van der Waals surface area contributed by atoms with Crippen LogP contribution in [0.3, 0.4) is 0 Å². The van der Waals surface area contributed by atoms with Crippen molar-refractivity contribution in [1.29, 1.82) is 0 Å². The lowest BCUT2D eigenvalue weighted by molar-refractivity contribution is 0.719. The van der Waals surface area contributed by atoms with E-state index < -0.39 is 0 Å². The zero-order chi connectivity index (χ0) is 7.40. The van der Waals surface area contributed by atoms with Gasteiger partial charge in [-0.2, -0.15) is 0 Å². The Morgan fingerprint density at radius 3 is 1.70 bits per heavy atom. The molecule has 1 rings (SSSR count). The first-order valence-electron chi connectivity index (χ1n) is 4.12. The lowest BCUT2D eigenvalue weighted by Gasteiger charge is -2.05. The van der Waals surface area contributed by atoms with E-state index in [4.69, 9.17) is 0 Å². The zero-order valence-electron chi connectivity index (χ0n) is 6.98. The third kappa shape index (κ3) is 2.38. The second-order valence-electron chi connectivity index (χ2n) is 3.23. The van der Waals surface area contributed by atoms with Crippen LogP contribution in [0.25, 0.3) is 0 Å². The Hall–Kier alpha value is -0.520. The molecular formula is C10H16. The highest BCUT2D eigenvalue weighted by molar-refractivity contribution is 5.16. The van der Waals surface area contributed by atoms with Crippen LogP contribution in [0.5, 0.6) is 0 Å². The maximum atomic E-state index is 2.26. The van der Waals surface area contributed by atoms with Crippen molar-refractivity contribution >= 4 is 0 Å². The third-order valence-corrected chi connectivity index (χ3v) is 2.04. The molecule has 0 aromatic carbocycles. The van der Waals surface area contributed by atoms with Gasteiger partial charge in [-0.1, -0.05) is 23.3 Å². The molecule has 0 spiro atoms. The van der Waals surface area contributed by atoms with E-state index in [0.717, 1.165) is 0 Å². The van der Waals surface area contributed by atoms with Crippen molar-refractivity contribution in [1.82, 2.24) is 0 Å². The van der Waals surface area contributed by atoms with Gasteiger partial charge in [0, 0.05) is 0 Å². The lowest BCUT2D eigenvalue weighted by Crippen LogP contribution is -1.85. The normalized spacial score (nSPS) is 20.6. The van der Waals surface area contributed by atoms with Crippen LogP contribution in [0.1, 0.15) is 39.5 Å². The summed E-state index contributed by atoms with van der Waals surface area (Å²) in [4.78, 5) is 0. The van der Waals surface area contributed by atoms with E-state index in [0.29, 0.717) is 0 Å². The van der Waals surface area contributed by atoms with E-state index in [1.165, 1.54) is 36.8 Å². The number of hydrogen-bond donors (Lipinski definition) is 0. The average molecular weight is 136 g/mol. The van der Waals surface area contributed by atoms with Gasteiger partial charge < -0.3 is 0 Å². The molecule has 1 aliphatic rings. The van der Waals surface area contributed by atoms with Gasteiger partial charge in [-0.05, 0) is 39.5 Å². The van der Waals surface area contributed by atoms with E-state index in [9.17, 15) is 0 Å². The Balaban J connectivity index is 2.61. The highest BCUT2D eigenvalue weighted by atomic mass is 14.0. The van der Waals surface area contributed by atoms with Gasteiger partial charge in [-0.15, -0.1) is 0 Å². The van der Waals surface area contributed by atoms with Crippen molar-refractivity contribution < 1.29 is 0 Å². The molecule has 0 atom stereocenters. The fraction of sp³-hybridized carbons (Fsp3) is 0.600. The predicted octanol–water partition coefficient (Wildman–Crippen LogP) is 3.45. The zero-order valence-corrected chi connectivity index (χ0v) is 6.98. The van der Waals surface area contributed by atoms with Gasteiger partial charge >= 0.3 is 0 Å². The number of rotatable bonds is 0. The summed E-state index contributed by atoms with van der Waals surface area (Å²) in [6, 6.07) is 0. The van der Waals surface area contributed by atoms with E-state index >= 15 is 0 Å². The average Bonchev–Trinajstić information content (AvgIpc) is 1.90. The molecule has 0 saturated heterocycles. The predicted molar refractivity (Wildman–Crippen MR) is 46.0 cm³/mol. The quantitative estimate of drug-likeness (QED) is 0.478. The largest absolute Gasteiger partial charge is 0.0733 e. The van der Waals surface area contributed by atoms with Gasteiger partial charge in [-0.25, -0.2) is 0 Å². The van der Waals surface area contributed by atoms with Crippen molar-refractivity contribution in [3.8, 4) is 0 Å². The third-order valence-electron chi connectivity index (χ3n) is 2.04. The fourth-order valence-electron chi connectivity index (χ4n) is 1.26. The smallest absolute Gasteiger partial charge is 0.0320 e. The molecule has 0 aliphatic heterocycles. The maximum Gasteiger partial charge on any atom is -0.0320 e. The van der Waals surface area contributed by atoms with Crippen molar-refractivity contribution in [2.45, 2.75) is 39.5 Å². The van der Waals surface area contributed by atoms with Gasteiger partial charge in [0.2, 0.25) is 0 Å². The Labute approximate surface area is 63.6 Å². The molecule has 0 bridgehead atoms. The summed E-state index contributed by atoms with van der Waals surface area (Å²) >= 11 is 0. The first-order valence-corrected chi connectivity index (χ1v) is 4.12. The topological polar surface area (TPSA) is 0 Å². The molecule has 0 aromatic heterocycles. The highest BCUT2D eigenvalue weighted by Gasteiger charge is 1.95. The number of allylic oxidation sites excluding steroid dienone is 4. The van der Waals surface area contributed by atoms with Crippen LogP contribution in [-0.4, -0.2) is 0 Å². The molecule has 0 amide bonds. The molecule has 0 heteroatoms. The molecule has 1 aliphatic carbocycles. The van der Waals surface area contributed by atoms with Crippen molar-refractivity contribution in [3.63, 3.8) is 0 Å². The van der Waals surface area contributed by atoms with Crippen LogP contribution in [0.15, 0.2) is 23.3 Å². The standard InChI is InChI=1S/C10H16/c1-9-5-3-4-6-10(2)8-7-9/h7-8H,3-6H2,1-2H3. The van der Waals surface area contributed by atoms with Crippen LogP contribution in [-0.2, 0) is 0 Å². The SMILES string of the molecule is CC1=CC=C(C)CCCC1. The van der Waals surface area contributed by atoms with Crippen molar-refractivity contribution in [2.24, 2.45) is 0 Å². The summed E-state index contributed by atoms with van der Waals surface area (Å²) in [5.74, 6) is 0. The molecule has 0 aromatic rings. The Morgan fingerprint density at radius 2 is 1.30 bits per heavy atom. The van der Waals surface area contributed by atoms with Crippen LogP contribution in [0.4, 0.5) is 0 Å². The molecule has 0 nitrogen and oxygen atoms in total. The monoisotopic (exact) mass is 136 g/mol. The minimum absolute atomic E-state index is 1.30. The minimum Gasteiger partial charge on any atom is -0.0733 e. The van der Waals surface area contributed by atoms with E-state index in [1.807, 2.05) is 0 Å². The van der Waals surface area contributed by atoms with Crippen LogP contribution in [0.2, 0.25) is 0 Å². The summed E-state index contributed by atoms with van der Waals surface area (Å²) in [6.07, 6.45) is 9.84. The van der Waals surface area contributed by atoms with Gasteiger partial charge in [0.15, 0.2) is 0 Å². The summed E-state index contributed by atoms with van der Waals surface area (Å²) in [5, 5.41) is 0. The first-order chi connectivity index (χ1) is 4.79. The van der Waals surface area contributed by atoms with Gasteiger partial charge in [0.25, 0.3) is 0 Å². The summed E-state index contributed by atoms with van der Waals surface area (Å²) in [7, 11) is 0. The lowest BCUT2D eigenvalue weighted by atomic mass is 10.0. The second kappa shape index (κ2) is 3.60. The summed E-state index contributed by atoms with van der Waals surface area (Å²) < 4.78 is 0. The minimum atomic E-state index is 1.30. The van der Waals surface area contributed by atoms with Crippen molar-refractivity contribution in [2.75, 3.05) is 0 Å². The van der Waals surface area contributed by atoms with Gasteiger partial charge in [0.1, 0.15) is 0 Å². The van der Waals surface area contributed by atoms with Crippen LogP contribution in [0, 0.1) is 0 Å². The van der Waals surface area contributed by atoms with E-state index in [-0.39, 0.29) is 0 Å². The molecule has 0 N–H and O–H groups in total. The van der Waals surface area contributed by atoms with Crippen molar-refractivity contribution in [3.05, 3.63) is 23.3 Å². The molecular weight excluding hydrogens is 120 g/mol. The van der Waals surface area contributed by atoms with Gasteiger partial charge in [-0.3, -0.25) is 0 Å². The number of hydrogen-bond acceptors (Lipinski definition) is 0. The molecule has 0 fully saturated rings. The first kappa shape index (κ1) is 7.59. The highest BCUT2D eigenvalue weighted by Crippen LogP contribution is 2.15. The Bertz CT molecular complexity index is 141. The van der Waals surface area contributed by atoms with Crippen LogP contribution < -0.4 is 0 Å².